The molecule has 1 unspecified atom stereocenters. The van der Waals surface area contributed by atoms with E-state index >= 15 is 0 Å². The lowest BCUT2D eigenvalue weighted by atomic mass is 10.1. The molecule has 0 aromatic heterocycles. The van der Waals surface area contributed by atoms with E-state index in [4.69, 9.17) is 9.47 Å². The van der Waals surface area contributed by atoms with E-state index in [-0.39, 0.29) is 12.5 Å². The topological polar surface area (TPSA) is 82.9 Å². The summed E-state index contributed by atoms with van der Waals surface area (Å²) >= 11 is 0. The Balaban J connectivity index is 1.72. The minimum atomic E-state index is -3.16. The summed E-state index contributed by atoms with van der Waals surface area (Å²) in [4.78, 5) is 2.00. The number of ether oxygens (including phenoxy) is 2. The van der Waals surface area contributed by atoms with Crippen LogP contribution in [0, 0.1) is 11.3 Å². The van der Waals surface area contributed by atoms with Crippen LogP contribution in [0.5, 0.6) is 11.5 Å². The first-order chi connectivity index (χ1) is 11.0. The first-order valence-corrected chi connectivity index (χ1v) is 9.17. The highest BCUT2D eigenvalue weighted by Crippen LogP contribution is 2.35. The maximum atomic E-state index is 11.9. The Labute approximate surface area is 136 Å². The summed E-state index contributed by atoms with van der Waals surface area (Å²) in [5, 5.41) is 9.56. The molecule has 1 fully saturated rings. The number of nitrogens with zero attached hydrogens (tertiary/aromatic N) is 3. The lowest BCUT2D eigenvalue weighted by Gasteiger charge is -2.36. The van der Waals surface area contributed by atoms with Gasteiger partial charge in [0, 0.05) is 26.2 Å². The number of rotatable bonds is 4. The van der Waals surface area contributed by atoms with Gasteiger partial charge in [-0.1, -0.05) is 6.07 Å². The summed E-state index contributed by atoms with van der Waals surface area (Å²) in [7, 11) is -3.16. The third kappa shape index (κ3) is 3.13. The molecule has 0 amide bonds. The zero-order chi connectivity index (χ0) is 16.4. The first kappa shape index (κ1) is 16.1. The van der Waals surface area contributed by atoms with E-state index in [1.54, 1.807) is 13.0 Å². The highest BCUT2D eigenvalue weighted by molar-refractivity contribution is 7.89. The van der Waals surface area contributed by atoms with E-state index in [1.165, 1.54) is 4.31 Å². The van der Waals surface area contributed by atoms with Crippen molar-refractivity contribution in [1.29, 1.82) is 5.26 Å². The lowest BCUT2D eigenvalue weighted by molar-refractivity contribution is 0.162. The van der Waals surface area contributed by atoms with Gasteiger partial charge in [-0.05, 0) is 24.6 Å². The van der Waals surface area contributed by atoms with Gasteiger partial charge >= 0.3 is 0 Å². The average molecular weight is 337 g/mol. The van der Waals surface area contributed by atoms with Crippen molar-refractivity contribution in [2.75, 3.05) is 38.7 Å². The number of piperazine rings is 1. The van der Waals surface area contributed by atoms with Crippen molar-refractivity contribution < 1.29 is 17.9 Å². The molecule has 0 aliphatic carbocycles. The molecule has 0 N–H and O–H groups in total. The number of fused-ring (bicyclic) bond motifs is 1. The van der Waals surface area contributed by atoms with Crippen LogP contribution in [0.25, 0.3) is 0 Å². The molecule has 124 valence electrons. The number of hydrogen-bond acceptors (Lipinski definition) is 6. The maximum absolute atomic E-state index is 11.9. The van der Waals surface area contributed by atoms with E-state index in [9.17, 15) is 13.7 Å². The number of benzene rings is 1. The van der Waals surface area contributed by atoms with E-state index in [1.807, 2.05) is 17.0 Å². The molecule has 0 bridgehead atoms. The van der Waals surface area contributed by atoms with Gasteiger partial charge in [-0.15, -0.1) is 0 Å². The van der Waals surface area contributed by atoms with Crippen LogP contribution >= 0.6 is 0 Å². The van der Waals surface area contributed by atoms with Gasteiger partial charge in [0.05, 0.1) is 11.8 Å². The Morgan fingerprint density at radius 3 is 2.57 bits per heavy atom. The highest BCUT2D eigenvalue weighted by atomic mass is 32.2. The van der Waals surface area contributed by atoms with E-state index < -0.39 is 16.1 Å². The van der Waals surface area contributed by atoms with Crippen LogP contribution in [-0.4, -0.2) is 56.3 Å². The molecule has 1 aromatic rings. The van der Waals surface area contributed by atoms with Gasteiger partial charge < -0.3 is 9.47 Å². The molecule has 1 saturated heterocycles. The molecular weight excluding hydrogens is 318 g/mol. The van der Waals surface area contributed by atoms with Gasteiger partial charge in [0.1, 0.15) is 6.04 Å². The van der Waals surface area contributed by atoms with Crippen molar-refractivity contribution in [3.63, 3.8) is 0 Å². The Kier molecular flexibility index (Phi) is 4.43. The SMILES string of the molecule is CCS(=O)(=O)N1CCN(C(C#N)c2ccc3c(c2)OCO3)CC1. The third-order valence-corrected chi connectivity index (χ3v) is 6.11. The number of hydrogen-bond donors (Lipinski definition) is 0. The Hall–Kier alpha value is -1.82. The lowest BCUT2D eigenvalue weighted by Crippen LogP contribution is -2.49. The Bertz CT molecular complexity index is 721. The molecule has 23 heavy (non-hydrogen) atoms. The molecule has 7 nitrogen and oxygen atoms in total. The van der Waals surface area contributed by atoms with Crippen molar-refractivity contribution in [1.82, 2.24) is 9.21 Å². The van der Waals surface area contributed by atoms with Crippen LogP contribution in [0.1, 0.15) is 18.5 Å². The Morgan fingerprint density at radius 1 is 1.22 bits per heavy atom. The van der Waals surface area contributed by atoms with Gasteiger partial charge in [-0.25, -0.2) is 8.42 Å². The standard InChI is InChI=1S/C15H19N3O4S/c1-2-23(19,20)18-7-5-17(6-8-18)13(10-16)12-3-4-14-15(9-12)22-11-21-14/h3-4,9,13H,2,5-8,11H2,1H3. The summed E-state index contributed by atoms with van der Waals surface area (Å²) in [5.74, 6) is 1.44. The fourth-order valence-electron chi connectivity index (χ4n) is 2.87. The van der Waals surface area contributed by atoms with E-state index in [2.05, 4.69) is 6.07 Å². The number of sulfonamides is 1. The van der Waals surface area contributed by atoms with E-state index in [0.717, 1.165) is 5.56 Å². The zero-order valence-corrected chi connectivity index (χ0v) is 13.8. The monoisotopic (exact) mass is 337 g/mol. The van der Waals surface area contributed by atoms with Gasteiger partial charge in [0.15, 0.2) is 11.5 Å². The van der Waals surface area contributed by atoms with E-state index in [0.29, 0.717) is 37.7 Å². The number of nitriles is 1. The van der Waals surface area contributed by atoms with Gasteiger partial charge in [-0.3, -0.25) is 4.90 Å². The van der Waals surface area contributed by atoms with Crippen LogP contribution in [-0.2, 0) is 10.0 Å². The predicted octanol–water partition coefficient (Wildman–Crippen LogP) is 0.947. The largest absolute Gasteiger partial charge is 0.454 e. The van der Waals surface area contributed by atoms with Crippen LogP contribution in [0.15, 0.2) is 18.2 Å². The van der Waals surface area contributed by atoms with Crippen LogP contribution < -0.4 is 9.47 Å². The second kappa shape index (κ2) is 6.35. The van der Waals surface area contributed by atoms with Gasteiger partial charge in [0.2, 0.25) is 16.8 Å². The van der Waals surface area contributed by atoms with Crippen molar-refractivity contribution in [2.24, 2.45) is 0 Å². The first-order valence-electron chi connectivity index (χ1n) is 7.56. The molecule has 0 radical (unpaired) electrons. The van der Waals surface area contributed by atoms with Gasteiger partial charge in [0.25, 0.3) is 0 Å². The summed E-state index contributed by atoms with van der Waals surface area (Å²) in [5.41, 5.74) is 0.837. The molecule has 2 heterocycles. The summed E-state index contributed by atoms with van der Waals surface area (Å²) in [6.07, 6.45) is 0. The normalized spacial score (nSPS) is 20.2. The molecule has 3 rings (SSSR count). The zero-order valence-electron chi connectivity index (χ0n) is 12.9. The molecule has 1 aromatic carbocycles. The van der Waals surface area contributed by atoms with Crippen LogP contribution in [0.3, 0.4) is 0 Å². The van der Waals surface area contributed by atoms with Crippen molar-refractivity contribution in [2.45, 2.75) is 13.0 Å². The van der Waals surface area contributed by atoms with Crippen molar-refractivity contribution in [3.8, 4) is 17.6 Å². The second-order valence-electron chi connectivity index (χ2n) is 5.48. The summed E-state index contributed by atoms with van der Waals surface area (Å²) in [6.45, 7) is 3.74. The molecule has 1 atom stereocenters. The average Bonchev–Trinajstić information content (AvgIpc) is 3.04. The maximum Gasteiger partial charge on any atom is 0.231 e. The molecule has 2 aliphatic rings. The van der Waals surface area contributed by atoms with Gasteiger partial charge in [-0.2, -0.15) is 9.57 Å². The third-order valence-electron chi connectivity index (χ3n) is 4.23. The van der Waals surface area contributed by atoms with Crippen molar-refractivity contribution in [3.05, 3.63) is 23.8 Å². The molecule has 0 saturated carbocycles. The smallest absolute Gasteiger partial charge is 0.231 e. The highest BCUT2D eigenvalue weighted by Gasteiger charge is 2.30. The second-order valence-corrected chi connectivity index (χ2v) is 7.74. The molecule has 2 aliphatic heterocycles. The fourth-order valence-corrected chi connectivity index (χ4v) is 3.96. The summed E-state index contributed by atoms with van der Waals surface area (Å²) in [6, 6.07) is 7.38. The van der Waals surface area contributed by atoms with Crippen LogP contribution in [0.2, 0.25) is 0 Å². The Morgan fingerprint density at radius 2 is 1.91 bits per heavy atom. The molecule has 8 heteroatoms. The van der Waals surface area contributed by atoms with Crippen molar-refractivity contribution >= 4 is 10.0 Å². The summed E-state index contributed by atoms with van der Waals surface area (Å²) < 4.78 is 36.0. The fraction of sp³-hybridized carbons (Fsp3) is 0.533. The molecular formula is C15H19N3O4S. The van der Waals surface area contributed by atoms with Crippen LogP contribution in [0.4, 0.5) is 0 Å². The minimum absolute atomic E-state index is 0.108. The predicted molar refractivity (Wildman–Crippen MR) is 83.5 cm³/mol. The molecule has 0 spiro atoms. The quantitative estimate of drug-likeness (QED) is 0.813. The minimum Gasteiger partial charge on any atom is -0.454 e.